The van der Waals surface area contributed by atoms with Gasteiger partial charge in [0.1, 0.15) is 18.2 Å². The first kappa shape index (κ1) is 37.9. The molecule has 1 heterocycles. The molecule has 0 bridgehead atoms. The molecule has 1 N–H and O–H groups in total. The van der Waals surface area contributed by atoms with E-state index in [-0.39, 0.29) is 37.4 Å². The van der Waals surface area contributed by atoms with Crippen LogP contribution in [0.4, 0.5) is 17.6 Å². The Morgan fingerprint density at radius 3 is 2.17 bits per heavy atom. The van der Waals surface area contributed by atoms with Gasteiger partial charge in [-0.2, -0.15) is 8.78 Å². The van der Waals surface area contributed by atoms with Crippen LogP contribution in [0.25, 0.3) is 0 Å². The van der Waals surface area contributed by atoms with Crippen molar-refractivity contribution in [1.82, 2.24) is 10.2 Å². The van der Waals surface area contributed by atoms with Gasteiger partial charge in [0.15, 0.2) is 23.2 Å². The minimum Gasteiger partial charge on any atom is -0.479 e. The monoisotopic (exact) mass is 676 g/mol. The van der Waals surface area contributed by atoms with Gasteiger partial charge in [0.25, 0.3) is 5.91 Å². The van der Waals surface area contributed by atoms with Crippen LogP contribution >= 0.6 is 0 Å². The molecule has 0 spiro atoms. The van der Waals surface area contributed by atoms with Crippen molar-refractivity contribution in [3.63, 3.8) is 0 Å². The highest BCUT2D eigenvalue weighted by Crippen LogP contribution is 2.28. The Labute approximate surface area is 276 Å². The summed E-state index contributed by atoms with van der Waals surface area (Å²) < 4.78 is 65.5. The quantitative estimate of drug-likeness (QED) is 0.118. The molecule has 260 valence electrons. The Morgan fingerprint density at radius 1 is 0.938 bits per heavy atom. The second kappa shape index (κ2) is 15.6. The van der Waals surface area contributed by atoms with E-state index in [9.17, 15) is 41.5 Å². The van der Waals surface area contributed by atoms with E-state index in [1.54, 1.807) is 45.1 Å². The minimum absolute atomic E-state index is 0.0293. The fourth-order valence-electron chi connectivity index (χ4n) is 5.07. The molecule has 2 atom stereocenters. The Hall–Kier alpha value is -4.55. The van der Waals surface area contributed by atoms with E-state index in [1.807, 2.05) is 32.9 Å². The summed E-state index contributed by atoms with van der Waals surface area (Å²) in [5.41, 5.74) is 0.373. The third-order valence-electron chi connectivity index (χ3n) is 7.35. The van der Waals surface area contributed by atoms with Crippen LogP contribution in [0.2, 0.25) is 0 Å². The fourth-order valence-corrected chi connectivity index (χ4v) is 5.07. The Morgan fingerprint density at radius 2 is 1.56 bits per heavy atom. The molecule has 0 fully saturated rings. The number of benzene rings is 2. The maximum Gasteiger partial charge on any atom is 0.308 e. The lowest BCUT2D eigenvalue weighted by atomic mass is 9.82. The molecule has 0 saturated carbocycles. The summed E-state index contributed by atoms with van der Waals surface area (Å²) in [6.45, 7) is 9.35. The van der Waals surface area contributed by atoms with Crippen LogP contribution < -0.4 is 10.1 Å². The lowest BCUT2D eigenvalue weighted by Crippen LogP contribution is -2.49. The molecule has 1 aliphatic heterocycles. The van der Waals surface area contributed by atoms with Crippen molar-refractivity contribution in [2.24, 2.45) is 5.92 Å². The number of allylic oxidation sites excluding steroid dienone is 1. The van der Waals surface area contributed by atoms with Gasteiger partial charge in [0.2, 0.25) is 23.3 Å². The van der Waals surface area contributed by atoms with Crippen molar-refractivity contribution in [1.29, 1.82) is 0 Å². The van der Waals surface area contributed by atoms with Crippen molar-refractivity contribution in [3.8, 4) is 5.75 Å². The van der Waals surface area contributed by atoms with Gasteiger partial charge in [-0.25, -0.2) is 8.78 Å². The first-order valence-corrected chi connectivity index (χ1v) is 15.3. The van der Waals surface area contributed by atoms with Gasteiger partial charge in [0, 0.05) is 25.6 Å². The first-order chi connectivity index (χ1) is 22.3. The zero-order chi connectivity index (χ0) is 36.0. The largest absolute Gasteiger partial charge is 0.479 e. The van der Waals surface area contributed by atoms with E-state index < -0.39 is 89.0 Å². The van der Waals surface area contributed by atoms with Gasteiger partial charge in [-0.15, -0.1) is 0 Å². The zero-order valence-electron chi connectivity index (χ0n) is 27.8. The topological polar surface area (TPSA) is 119 Å². The average molecular weight is 677 g/mol. The number of amides is 2. The number of carbonyl (C=O) groups is 5. The summed E-state index contributed by atoms with van der Waals surface area (Å²) in [5, 5.41) is 2.41. The maximum absolute atomic E-state index is 14.1. The summed E-state index contributed by atoms with van der Waals surface area (Å²) in [5.74, 6) is -13.9. The Balaban J connectivity index is 1.76. The summed E-state index contributed by atoms with van der Waals surface area (Å²) >= 11 is 0. The molecule has 1 aliphatic rings. The Bertz CT molecular complexity index is 1570. The third kappa shape index (κ3) is 10.2. The molecule has 0 unspecified atom stereocenters. The number of ether oxygens (including phenoxy) is 2. The number of carbonyl (C=O) groups excluding carboxylic acids is 5. The number of nitrogens with one attached hydrogen (secondary N) is 1. The van der Waals surface area contributed by atoms with Gasteiger partial charge in [0.05, 0.1) is 12.3 Å². The number of rotatable bonds is 11. The van der Waals surface area contributed by atoms with Crippen LogP contribution in [0.3, 0.4) is 0 Å². The highest BCUT2D eigenvalue weighted by Gasteiger charge is 2.33. The van der Waals surface area contributed by atoms with Crippen molar-refractivity contribution in [2.75, 3.05) is 19.7 Å². The van der Waals surface area contributed by atoms with E-state index >= 15 is 0 Å². The zero-order valence-corrected chi connectivity index (χ0v) is 27.8. The van der Waals surface area contributed by atoms with Crippen molar-refractivity contribution in [2.45, 2.75) is 77.9 Å². The molecule has 3 rings (SSSR count). The number of esters is 1. The van der Waals surface area contributed by atoms with Crippen LogP contribution in [0.15, 0.2) is 42.5 Å². The predicted molar refractivity (Wildman–Crippen MR) is 167 cm³/mol. The lowest BCUT2D eigenvalue weighted by molar-refractivity contribution is -0.156. The van der Waals surface area contributed by atoms with Gasteiger partial charge in [-0.1, -0.05) is 57.2 Å². The number of hydrogen-bond donors (Lipinski definition) is 1. The second-order valence-electron chi connectivity index (χ2n) is 13.5. The minimum atomic E-state index is -1.87. The molecular formula is C35H40F4N2O7. The van der Waals surface area contributed by atoms with Crippen LogP contribution in [0, 0.1) is 29.2 Å². The van der Waals surface area contributed by atoms with Crippen LogP contribution in [0.5, 0.6) is 5.75 Å². The highest BCUT2D eigenvalue weighted by atomic mass is 19.2. The maximum atomic E-state index is 14.1. The number of nitrogens with zero attached hydrogens (tertiary/aromatic N) is 1. The normalized spacial score (nSPS) is 15.7. The number of ketones is 2. The third-order valence-corrected chi connectivity index (χ3v) is 7.35. The average Bonchev–Trinajstić information content (AvgIpc) is 3.24. The molecule has 48 heavy (non-hydrogen) atoms. The highest BCUT2D eigenvalue weighted by molar-refractivity contribution is 6.36. The molecular weight excluding hydrogens is 636 g/mol. The smallest absolute Gasteiger partial charge is 0.308 e. The molecule has 2 aromatic rings. The fraction of sp³-hybridized carbons (Fsp3) is 0.457. The molecule has 0 saturated heterocycles. The van der Waals surface area contributed by atoms with Crippen molar-refractivity contribution >= 4 is 29.4 Å². The van der Waals surface area contributed by atoms with Crippen LogP contribution in [-0.4, -0.2) is 65.6 Å². The van der Waals surface area contributed by atoms with Crippen molar-refractivity contribution in [3.05, 3.63) is 76.9 Å². The van der Waals surface area contributed by atoms with Gasteiger partial charge in [-0.05, 0) is 43.7 Å². The van der Waals surface area contributed by atoms with E-state index in [0.29, 0.717) is 5.56 Å². The van der Waals surface area contributed by atoms with E-state index in [0.717, 1.165) is 5.56 Å². The number of Topliss-reactive ketones (excluding diaryl/α,β-unsaturated/α-hetero) is 2. The van der Waals surface area contributed by atoms with Crippen LogP contribution in [-0.2, 0) is 40.5 Å². The summed E-state index contributed by atoms with van der Waals surface area (Å²) in [4.78, 5) is 66.8. The molecule has 2 aromatic carbocycles. The summed E-state index contributed by atoms with van der Waals surface area (Å²) in [6.07, 6.45) is 2.50. The lowest BCUT2D eigenvalue weighted by Gasteiger charge is -2.26. The van der Waals surface area contributed by atoms with E-state index in [2.05, 4.69) is 5.32 Å². The molecule has 2 amide bonds. The number of hydrogen-bond acceptors (Lipinski definition) is 7. The SMILES string of the molecule is CC(C)(C)OC(=O)C[C@H](NC(=O)[C@H]1CC=CCN(C(=O)C(=O)Cc2ccccc2C(C)(C)C)C1)C(=O)COc1c(F)c(F)cc(F)c1F. The first-order valence-electron chi connectivity index (χ1n) is 15.3. The molecule has 9 nitrogen and oxygen atoms in total. The van der Waals surface area contributed by atoms with E-state index in [4.69, 9.17) is 9.47 Å². The molecule has 0 aromatic heterocycles. The van der Waals surface area contributed by atoms with Gasteiger partial charge < -0.3 is 19.7 Å². The molecule has 0 radical (unpaired) electrons. The second-order valence-corrected chi connectivity index (χ2v) is 13.5. The molecule has 13 heteroatoms. The Kier molecular flexibility index (Phi) is 12.3. The summed E-state index contributed by atoms with van der Waals surface area (Å²) in [7, 11) is 0. The van der Waals surface area contributed by atoms with Crippen molar-refractivity contribution < 1.29 is 51.0 Å². The number of halogens is 4. The molecule has 0 aliphatic carbocycles. The summed E-state index contributed by atoms with van der Waals surface area (Å²) in [6, 6.07) is 5.63. The van der Waals surface area contributed by atoms with Gasteiger partial charge >= 0.3 is 5.97 Å². The van der Waals surface area contributed by atoms with Crippen LogP contribution in [0.1, 0.15) is 65.5 Å². The predicted octanol–water partition coefficient (Wildman–Crippen LogP) is 4.92. The standard InChI is InChI=1S/C35H40F4N2O7/c1-34(2,3)22-13-8-7-11-20(22)15-26(42)33(46)41-14-10-9-12-21(18-41)32(45)40-25(17-28(44)48-35(4,5)6)27(43)19-47-31-29(38)23(36)16-24(37)30(31)39/h7-11,13,16,21,25H,12,14-15,17-19H2,1-6H3,(H,40,45)/t21-,25-/m0/s1. The van der Waals surface area contributed by atoms with E-state index in [1.165, 1.54) is 4.90 Å². The van der Waals surface area contributed by atoms with Gasteiger partial charge in [-0.3, -0.25) is 24.0 Å².